The molecule has 0 saturated carbocycles. The monoisotopic (exact) mass is 608 g/mol. The number of rotatable bonds is 8. The van der Waals surface area contributed by atoms with Gasteiger partial charge in [0.15, 0.2) is 0 Å². The predicted molar refractivity (Wildman–Crippen MR) is 169 cm³/mol. The molecule has 0 aliphatic carbocycles. The Bertz CT molecular complexity index is 1790. The lowest BCUT2D eigenvalue weighted by atomic mass is 9.79. The first-order valence-corrected chi connectivity index (χ1v) is 15.1. The van der Waals surface area contributed by atoms with Crippen molar-refractivity contribution in [3.8, 4) is 23.3 Å². The van der Waals surface area contributed by atoms with Crippen LogP contribution in [0.3, 0.4) is 0 Å². The van der Waals surface area contributed by atoms with E-state index < -0.39 is 5.41 Å². The van der Waals surface area contributed by atoms with Gasteiger partial charge in [0.25, 0.3) is 5.91 Å². The Labute approximate surface area is 261 Å². The number of hydrogen-bond acceptors (Lipinski definition) is 8. The summed E-state index contributed by atoms with van der Waals surface area (Å²) < 4.78 is 20.2. The van der Waals surface area contributed by atoms with E-state index >= 15 is 0 Å². The Balaban J connectivity index is 1.31. The molecule has 2 N–H and O–H groups in total. The average Bonchev–Trinajstić information content (AvgIpc) is 3.37. The zero-order valence-electron chi connectivity index (χ0n) is 25.2. The van der Waals surface area contributed by atoms with Crippen molar-refractivity contribution >= 4 is 22.8 Å². The molecule has 1 amide bonds. The number of nitrogens with zero attached hydrogens (tertiary/aromatic N) is 5. The van der Waals surface area contributed by atoms with E-state index in [0.717, 1.165) is 0 Å². The zero-order valence-corrected chi connectivity index (χ0v) is 25.2. The second-order valence-corrected chi connectivity index (χ2v) is 11.6. The van der Waals surface area contributed by atoms with Gasteiger partial charge >= 0.3 is 5.69 Å². The summed E-state index contributed by atoms with van der Waals surface area (Å²) in [6.07, 6.45) is 6.07. The van der Waals surface area contributed by atoms with Crippen molar-refractivity contribution in [3.05, 3.63) is 89.0 Å². The molecule has 2 saturated heterocycles. The van der Waals surface area contributed by atoms with Crippen LogP contribution >= 0.6 is 0 Å². The molecule has 4 aromatic rings. The number of para-hydroxylation sites is 1. The maximum Gasteiger partial charge on any atom is 0.334 e. The molecule has 0 unspecified atom stereocenters. The van der Waals surface area contributed by atoms with Crippen molar-refractivity contribution in [2.75, 3.05) is 45.8 Å². The molecule has 1 atom stereocenters. The Morgan fingerprint density at radius 1 is 1.13 bits per heavy atom. The minimum absolute atomic E-state index is 0.0932. The summed E-state index contributed by atoms with van der Waals surface area (Å²) in [7, 11) is 1.62. The number of likely N-dealkylation sites (tertiary alicyclic amines) is 1. The molecule has 232 valence electrons. The second kappa shape index (κ2) is 13.0. The smallest absolute Gasteiger partial charge is 0.334 e. The van der Waals surface area contributed by atoms with Gasteiger partial charge in [-0.2, -0.15) is 5.26 Å². The van der Waals surface area contributed by atoms with E-state index in [9.17, 15) is 14.9 Å². The average molecular weight is 609 g/mol. The number of benzene rings is 2. The van der Waals surface area contributed by atoms with Crippen molar-refractivity contribution in [1.29, 1.82) is 5.26 Å². The lowest BCUT2D eigenvalue weighted by Gasteiger charge is -2.35. The number of piperidine rings is 1. The molecule has 2 aliphatic heterocycles. The summed E-state index contributed by atoms with van der Waals surface area (Å²) in [5.41, 5.74) is 7.49. The van der Waals surface area contributed by atoms with Crippen molar-refractivity contribution in [1.82, 2.24) is 19.0 Å². The third-order valence-corrected chi connectivity index (χ3v) is 8.66. The number of ether oxygens (including phenoxy) is 3. The molecular weight excluding hydrogens is 572 g/mol. The predicted octanol–water partition coefficient (Wildman–Crippen LogP) is 4.62. The van der Waals surface area contributed by atoms with E-state index in [-0.39, 0.29) is 35.6 Å². The minimum atomic E-state index is -0.431. The quantitative estimate of drug-likeness (QED) is 0.226. The summed E-state index contributed by atoms with van der Waals surface area (Å²) in [4.78, 5) is 33.9. The number of imidazole rings is 1. The minimum Gasteiger partial charge on any atom is -0.457 e. The van der Waals surface area contributed by atoms with Crippen molar-refractivity contribution in [2.24, 2.45) is 5.41 Å². The largest absolute Gasteiger partial charge is 0.457 e. The van der Waals surface area contributed by atoms with Crippen LogP contribution in [0.25, 0.3) is 16.7 Å². The highest BCUT2D eigenvalue weighted by atomic mass is 16.5. The van der Waals surface area contributed by atoms with Crippen molar-refractivity contribution in [2.45, 2.75) is 31.7 Å². The maximum atomic E-state index is 14.2. The molecule has 4 heterocycles. The number of anilines is 1. The Kier molecular flexibility index (Phi) is 8.69. The van der Waals surface area contributed by atoms with Crippen molar-refractivity contribution < 1.29 is 19.0 Å². The van der Waals surface area contributed by atoms with Gasteiger partial charge < -0.3 is 24.8 Å². The first-order valence-electron chi connectivity index (χ1n) is 15.1. The highest BCUT2D eigenvalue weighted by Crippen LogP contribution is 2.35. The highest BCUT2D eigenvalue weighted by molar-refractivity contribution is 5.97. The molecule has 6 rings (SSSR count). The molecule has 2 aromatic carbocycles. The third kappa shape index (κ3) is 6.07. The van der Waals surface area contributed by atoms with Crippen LogP contribution in [0.5, 0.6) is 11.5 Å². The second-order valence-electron chi connectivity index (χ2n) is 11.6. The number of amides is 1. The van der Waals surface area contributed by atoms with Gasteiger partial charge in [0.05, 0.1) is 23.9 Å². The third-order valence-electron chi connectivity index (χ3n) is 8.66. The number of aromatic nitrogens is 3. The van der Waals surface area contributed by atoms with E-state index in [1.54, 1.807) is 51.6 Å². The molecule has 0 bridgehead atoms. The number of nitrogens with two attached hydrogens (primary N) is 1. The summed E-state index contributed by atoms with van der Waals surface area (Å²) in [6.45, 7) is 2.28. The number of pyridine rings is 1. The topological polar surface area (TPSA) is 138 Å². The van der Waals surface area contributed by atoms with Crippen LogP contribution < -0.4 is 16.2 Å². The number of fused-ring (bicyclic) bond motifs is 1. The van der Waals surface area contributed by atoms with Crippen LogP contribution in [0.15, 0.2) is 83.3 Å². The highest BCUT2D eigenvalue weighted by Gasteiger charge is 2.35. The van der Waals surface area contributed by atoms with E-state index in [1.165, 1.54) is 0 Å². The standard InChI is InChI=1S/C34H36N6O5/c1-43-23-34(14-18-44-19-15-34)20-24(21-35)32(41)38-17-5-6-26(22-38)39-29-13-16-37-31(36)30(29)40(33(39)42)25-9-11-28(12-10-25)45-27-7-3-2-4-8-27/h2-4,7-13,16,20,26H,5-6,14-15,17-19,22-23H2,1H3,(H2,36,37)/t26-/m1/s1. The summed E-state index contributed by atoms with van der Waals surface area (Å²) in [5, 5.41) is 10.0. The number of nitrogen functional groups attached to an aromatic ring is 1. The van der Waals surface area contributed by atoms with E-state index in [2.05, 4.69) is 11.1 Å². The SMILES string of the molecule is COCC1(C=C(C#N)C(=O)N2CCC[C@@H](n3c(=O)n(-c4ccc(Oc5ccccc5)cc4)c4c(N)nccc43)C2)CCOCC1. The van der Waals surface area contributed by atoms with Gasteiger partial charge in [-0.25, -0.2) is 9.78 Å². The molecule has 2 fully saturated rings. The Morgan fingerprint density at radius 2 is 1.87 bits per heavy atom. The Hall–Kier alpha value is -4.92. The lowest BCUT2D eigenvalue weighted by Crippen LogP contribution is -2.43. The fraction of sp³-hybridized carbons (Fsp3) is 0.353. The maximum absolute atomic E-state index is 14.2. The number of carbonyl (C=O) groups is 1. The van der Waals surface area contributed by atoms with Gasteiger partial charge in [0, 0.05) is 45.0 Å². The van der Waals surface area contributed by atoms with Gasteiger partial charge in [-0.05, 0) is 68.1 Å². The molecule has 11 heteroatoms. The fourth-order valence-electron chi connectivity index (χ4n) is 6.43. The van der Waals surface area contributed by atoms with Crippen LogP contribution in [0, 0.1) is 16.7 Å². The van der Waals surface area contributed by atoms with Crippen LogP contribution in [0.1, 0.15) is 31.7 Å². The molecule has 2 aliphatic rings. The van der Waals surface area contributed by atoms with Gasteiger partial charge in [-0.3, -0.25) is 13.9 Å². The molecule has 45 heavy (non-hydrogen) atoms. The molecule has 2 aromatic heterocycles. The molecule has 0 radical (unpaired) electrons. The van der Waals surface area contributed by atoms with Crippen LogP contribution in [0.2, 0.25) is 0 Å². The number of methoxy groups -OCH3 is 1. The number of carbonyl (C=O) groups excluding carboxylic acids is 1. The molecule has 11 nitrogen and oxygen atoms in total. The van der Waals surface area contributed by atoms with E-state index in [0.29, 0.717) is 80.3 Å². The van der Waals surface area contributed by atoms with E-state index in [1.807, 2.05) is 42.5 Å². The molecular formula is C34H36N6O5. The van der Waals surface area contributed by atoms with Crippen LogP contribution in [-0.4, -0.2) is 64.9 Å². The number of nitriles is 1. The van der Waals surface area contributed by atoms with Gasteiger partial charge in [-0.1, -0.05) is 24.3 Å². The van der Waals surface area contributed by atoms with Gasteiger partial charge in [0.1, 0.15) is 34.5 Å². The first kappa shape index (κ1) is 30.1. The lowest BCUT2D eigenvalue weighted by molar-refractivity contribution is -0.128. The summed E-state index contributed by atoms with van der Waals surface area (Å²) in [5.74, 6) is 1.23. The summed E-state index contributed by atoms with van der Waals surface area (Å²) in [6, 6.07) is 20.3. The van der Waals surface area contributed by atoms with E-state index in [4.69, 9.17) is 19.9 Å². The van der Waals surface area contributed by atoms with Gasteiger partial charge in [-0.15, -0.1) is 0 Å². The van der Waals surface area contributed by atoms with Crippen LogP contribution in [-0.2, 0) is 14.3 Å². The van der Waals surface area contributed by atoms with Gasteiger partial charge in [0.2, 0.25) is 0 Å². The summed E-state index contributed by atoms with van der Waals surface area (Å²) >= 11 is 0. The first-order chi connectivity index (χ1) is 21.9. The zero-order chi connectivity index (χ0) is 31.4. The normalized spacial score (nSPS) is 18.4. The molecule has 0 spiro atoms. The van der Waals surface area contributed by atoms with Crippen molar-refractivity contribution in [3.63, 3.8) is 0 Å². The number of hydrogen-bond donors (Lipinski definition) is 1. The van der Waals surface area contributed by atoms with Crippen LogP contribution in [0.4, 0.5) is 5.82 Å². The Morgan fingerprint density at radius 3 is 2.58 bits per heavy atom. The fourth-order valence-corrected chi connectivity index (χ4v) is 6.43.